The van der Waals surface area contributed by atoms with Gasteiger partial charge in [0.15, 0.2) is 0 Å². The smallest absolute Gasteiger partial charge is 0.311 e. The SMILES string of the molecule is CCOC(=O)C(CC)C(O)c1ccc(O)c(Cl)c1. The van der Waals surface area contributed by atoms with Gasteiger partial charge in [-0.1, -0.05) is 24.6 Å². The fourth-order valence-corrected chi connectivity index (χ4v) is 1.90. The molecule has 0 aliphatic rings. The first-order valence-corrected chi connectivity index (χ1v) is 6.22. The van der Waals surface area contributed by atoms with E-state index in [2.05, 4.69) is 0 Å². The third-order valence-electron chi connectivity index (χ3n) is 2.72. The van der Waals surface area contributed by atoms with Crippen LogP contribution in [0.4, 0.5) is 0 Å². The van der Waals surface area contributed by atoms with E-state index in [1.807, 2.05) is 0 Å². The molecule has 0 fully saturated rings. The van der Waals surface area contributed by atoms with Gasteiger partial charge in [-0.15, -0.1) is 0 Å². The summed E-state index contributed by atoms with van der Waals surface area (Å²) in [7, 11) is 0. The van der Waals surface area contributed by atoms with Gasteiger partial charge in [0.05, 0.1) is 23.7 Å². The summed E-state index contributed by atoms with van der Waals surface area (Å²) in [5.41, 5.74) is 0.484. The highest BCUT2D eigenvalue weighted by molar-refractivity contribution is 6.32. The number of halogens is 1. The van der Waals surface area contributed by atoms with Crippen molar-refractivity contribution in [2.45, 2.75) is 26.4 Å². The summed E-state index contributed by atoms with van der Waals surface area (Å²) in [6.45, 7) is 3.79. The van der Waals surface area contributed by atoms with Gasteiger partial charge in [0.1, 0.15) is 5.75 Å². The molecule has 2 atom stereocenters. The number of benzene rings is 1. The quantitative estimate of drug-likeness (QED) is 0.809. The molecule has 2 unspecified atom stereocenters. The van der Waals surface area contributed by atoms with Crippen molar-refractivity contribution in [2.75, 3.05) is 6.61 Å². The standard InChI is InChI=1S/C13H17ClO4/c1-3-9(13(17)18-4-2)12(16)8-5-6-11(15)10(14)7-8/h5-7,9,12,15-16H,3-4H2,1-2H3. The Kier molecular flexibility index (Phi) is 5.44. The number of hydrogen-bond acceptors (Lipinski definition) is 4. The van der Waals surface area contributed by atoms with Crippen molar-refractivity contribution in [3.63, 3.8) is 0 Å². The van der Waals surface area contributed by atoms with Gasteiger partial charge < -0.3 is 14.9 Å². The molecule has 1 aromatic carbocycles. The zero-order chi connectivity index (χ0) is 13.7. The fourth-order valence-electron chi connectivity index (χ4n) is 1.71. The van der Waals surface area contributed by atoms with E-state index in [-0.39, 0.29) is 17.4 Å². The van der Waals surface area contributed by atoms with Crippen LogP contribution < -0.4 is 0 Å². The van der Waals surface area contributed by atoms with Crippen molar-refractivity contribution in [3.8, 4) is 5.75 Å². The highest BCUT2D eigenvalue weighted by Gasteiger charge is 2.27. The summed E-state index contributed by atoms with van der Waals surface area (Å²) in [5, 5.41) is 19.6. The average Bonchev–Trinajstić information content (AvgIpc) is 2.33. The molecule has 0 amide bonds. The molecular weight excluding hydrogens is 256 g/mol. The number of rotatable bonds is 5. The molecule has 4 nitrogen and oxygen atoms in total. The minimum atomic E-state index is -0.993. The lowest BCUT2D eigenvalue weighted by Gasteiger charge is -2.20. The Hall–Kier alpha value is -1.26. The molecule has 100 valence electrons. The van der Waals surface area contributed by atoms with Gasteiger partial charge in [-0.25, -0.2) is 0 Å². The molecule has 0 heterocycles. The second-order valence-electron chi connectivity index (χ2n) is 3.92. The van der Waals surface area contributed by atoms with E-state index in [1.165, 1.54) is 18.2 Å². The number of aliphatic hydroxyl groups excluding tert-OH is 1. The van der Waals surface area contributed by atoms with Crippen LogP contribution in [-0.2, 0) is 9.53 Å². The Morgan fingerprint density at radius 1 is 1.44 bits per heavy atom. The topological polar surface area (TPSA) is 66.8 Å². The number of esters is 1. The number of aromatic hydroxyl groups is 1. The van der Waals surface area contributed by atoms with Crippen molar-refractivity contribution in [1.29, 1.82) is 0 Å². The maximum absolute atomic E-state index is 11.7. The molecule has 0 aliphatic carbocycles. The number of phenolic OH excluding ortho intramolecular Hbond substituents is 1. The molecule has 0 aliphatic heterocycles. The summed E-state index contributed by atoms with van der Waals surface area (Å²) in [6, 6.07) is 4.37. The highest BCUT2D eigenvalue weighted by Crippen LogP contribution is 2.31. The van der Waals surface area contributed by atoms with E-state index in [0.29, 0.717) is 12.0 Å². The lowest BCUT2D eigenvalue weighted by Crippen LogP contribution is -2.24. The van der Waals surface area contributed by atoms with Gasteiger partial charge in [-0.2, -0.15) is 0 Å². The van der Waals surface area contributed by atoms with Gasteiger partial charge in [-0.3, -0.25) is 4.79 Å². The molecule has 0 aromatic heterocycles. The van der Waals surface area contributed by atoms with Crippen molar-refractivity contribution in [3.05, 3.63) is 28.8 Å². The van der Waals surface area contributed by atoms with Crippen LogP contribution in [0.15, 0.2) is 18.2 Å². The molecule has 1 aromatic rings. The molecule has 0 saturated carbocycles. The molecular formula is C13H17ClO4. The van der Waals surface area contributed by atoms with Crippen molar-refractivity contribution < 1.29 is 19.7 Å². The molecule has 0 spiro atoms. The highest BCUT2D eigenvalue weighted by atomic mass is 35.5. The van der Waals surface area contributed by atoms with E-state index in [9.17, 15) is 15.0 Å². The molecule has 2 N–H and O–H groups in total. The Morgan fingerprint density at radius 2 is 2.11 bits per heavy atom. The minimum Gasteiger partial charge on any atom is -0.506 e. The Bertz CT molecular complexity index is 419. The van der Waals surface area contributed by atoms with Crippen LogP contribution in [-0.4, -0.2) is 22.8 Å². The summed E-state index contributed by atoms with van der Waals surface area (Å²) < 4.78 is 4.91. The molecule has 0 saturated heterocycles. The van der Waals surface area contributed by atoms with E-state index in [1.54, 1.807) is 13.8 Å². The van der Waals surface area contributed by atoms with Crippen LogP contribution in [0.5, 0.6) is 5.75 Å². The summed E-state index contributed by atoms with van der Waals surface area (Å²) in [5.74, 6) is -1.13. The number of carbonyl (C=O) groups is 1. The third-order valence-corrected chi connectivity index (χ3v) is 3.03. The lowest BCUT2D eigenvalue weighted by atomic mass is 9.93. The summed E-state index contributed by atoms with van der Waals surface area (Å²) >= 11 is 5.77. The molecule has 18 heavy (non-hydrogen) atoms. The molecule has 0 bridgehead atoms. The second kappa shape index (κ2) is 6.61. The van der Waals surface area contributed by atoms with Crippen molar-refractivity contribution in [2.24, 2.45) is 5.92 Å². The van der Waals surface area contributed by atoms with E-state index in [0.717, 1.165) is 0 Å². The first kappa shape index (κ1) is 14.8. The molecule has 1 rings (SSSR count). The van der Waals surface area contributed by atoms with Crippen LogP contribution in [0.1, 0.15) is 31.9 Å². The largest absolute Gasteiger partial charge is 0.506 e. The van der Waals surface area contributed by atoms with Crippen LogP contribution >= 0.6 is 11.6 Å². The maximum Gasteiger partial charge on any atom is 0.311 e. The zero-order valence-electron chi connectivity index (χ0n) is 10.4. The average molecular weight is 273 g/mol. The Labute approximate surface area is 111 Å². The number of hydrogen-bond donors (Lipinski definition) is 2. The van der Waals surface area contributed by atoms with Crippen LogP contribution in [0, 0.1) is 5.92 Å². The molecule has 5 heteroatoms. The van der Waals surface area contributed by atoms with Gasteiger partial charge in [0.2, 0.25) is 0 Å². The van der Waals surface area contributed by atoms with Crippen molar-refractivity contribution in [1.82, 2.24) is 0 Å². The van der Waals surface area contributed by atoms with Gasteiger partial charge in [0.25, 0.3) is 0 Å². The summed E-state index contributed by atoms with van der Waals surface area (Å²) in [6.07, 6.45) is -0.537. The van der Waals surface area contributed by atoms with Crippen LogP contribution in [0.3, 0.4) is 0 Å². The van der Waals surface area contributed by atoms with Gasteiger partial charge in [0, 0.05) is 0 Å². The predicted molar refractivity (Wildman–Crippen MR) is 68.5 cm³/mol. The first-order chi connectivity index (χ1) is 8.51. The first-order valence-electron chi connectivity index (χ1n) is 5.84. The fraction of sp³-hybridized carbons (Fsp3) is 0.462. The van der Waals surface area contributed by atoms with E-state index >= 15 is 0 Å². The minimum absolute atomic E-state index is 0.0585. The normalized spacial score (nSPS) is 14.0. The number of carbonyl (C=O) groups excluding carboxylic acids is 1. The van der Waals surface area contributed by atoms with Crippen LogP contribution in [0.25, 0.3) is 0 Å². The molecule has 0 radical (unpaired) electrons. The lowest BCUT2D eigenvalue weighted by molar-refractivity contribution is -0.152. The number of aliphatic hydroxyl groups is 1. The maximum atomic E-state index is 11.7. The van der Waals surface area contributed by atoms with E-state index in [4.69, 9.17) is 16.3 Å². The summed E-state index contributed by atoms with van der Waals surface area (Å²) in [4.78, 5) is 11.7. The number of ether oxygens (including phenoxy) is 1. The predicted octanol–water partition coefficient (Wildman–Crippen LogP) is 2.67. The zero-order valence-corrected chi connectivity index (χ0v) is 11.1. The van der Waals surface area contributed by atoms with Gasteiger partial charge >= 0.3 is 5.97 Å². The third kappa shape index (κ3) is 3.37. The van der Waals surface area contributed by atoms with Gasteiger partial charge in [-0.05, 0) is 31.0 Å². The Balaban J connectivity index is 2.92. The van der Waals surface area contributed by atoms with Crippen LogP contribution in [0.2, 0.25) is 5.02 Å². The van der Waals surface area contributed by atoms with E-state index < -0.39 is 18.0 Å². The monoisotopic (exact) mass is 272 g/mol. The van der Waals surface area contributed by atoms with Crippen molar-refractivity contribution >= 4 is 17.6 Å². The number of phenols is 1. The second-order valence-corrected chi connectivity index (χ2v) is 4.33. The Morgan fingerprint density at radius 3 is 2.61 bits per heavy atom.